The number of carbonyl (C=O) groups is 1. The van der Waals surface area contributed by atoms with Gasteiger partial charge in [-0.3, -0.25) is 14.5 Å². The third-order valence-corrected chi connectivity index (χ3v) is 4.66. The van der Waals surface area contributed by atoms with Crippen LogP contribution in [-0.4, -0.2) is 34.0 Å². The summed E-state index contributed by atoms with van der Waals surface area (Å²) in [6.07, 6.45) is 1.34. The van der Waals surface area contributed by atoms with Crippen LogP contribution in [0, 0.1) is 19.8 Å². The Kier molecular flexibility index (Phi) is 4.22. The number of benzene rings is 1. The molecule has 3 rings (SSSR count). The van der Waals surface area contributed by atoms with Crippen molar-refractivity contribution in [2.45, 2.75) is 33.2 Å². The Morgan fingerprint density at radius 3 is 2.61 bits per heavy atom. The van der Waals surface area contributed by atoms with Crippen LogP contribution in [0.2, 0.25) is 0 Å². The van der Waals surface area contributed by atoms with Crippen molar-refractivity contribution in [3.63, 3.8) is 0 Å². The van der Waals surface area contributed by atoms with E-state index in [2.05, 4.69) is 9.88 Å². The van der Waals surface area contributed by atoms with E-state index in [1.54, 1.807) is 6.07 Å². The summed E-state index contributed by atoms with van der Waals surface area (Å²) in [7, 11) is 0. The van der Waals surface area contributed by atoms with Crippen LogP contribution in [0.5, 0.6) is 0 Å². The molecule has 2 heterocycles. The van der Waals surface area contributed by atoms with Crippen molar-refractivity contribution < 1.29 is 9.90 Å². The molecule has 122 valence electrons. The Morgan fingerprint density at radius 2 is 1.96 bits per heavy atom. The number of aromatic amines is 1. The number of piperidine rings is 1. The fourth-order valence-corrected chi connectivity index (χ4v) is 3.50. The molecule has 23 heavy (non-hydrogen) atoms. The van der Waals surface area contributed by atoms with Gasteiger partial charge >= 0.3 is 5.97 Å². The number of nitrogens with one attached hydrogen (secondary N) is 1. The van der Waals surface area contributed by atoms with Crippen LogP contribution in [0.15, 0.2) is 23.0 Å². The number of hydrogen-bond acceptors (Lipinski definition) is 3. The van der Waals surface area contributed by atoms with Gasteiger partial charge in [0.05, 0.1) is 11.4 Å². The molecule has 0 atom stereocenters. The van der Waals surface area contributed by atoms with Crippen LogP contribution in [0.4, 0.5) is 0 Å². The second-order valence-electron chi connectivity index (χ2n) is 6.55. The lowest BCUT2D eigenvalue weighted by Gasteiger charge is -2.29. The first-order valence-corrected chi connectivity index (χ1v) is 8.02. The minimum atomic E-state index is -0.699. The number of aryl methyl sites for hydroxylation is 2. The van der Waals surface area contributed by atoms with Crippen molar-refractivity contribution in [3.05, 3.63) is 45.2 Å². The zero-order valence-corrected chi connectivity index (χ0v) is 13.6. The highest BCUT2D eigenvalue weighted by molar-refractivity contribution is 5.82. The molecule has 1 aliphatic rings. The fraction of sp³-hybridized carbons (Fsp3) is 0.444. The van der Waals surface area contributed by atoms with Crippen molar-refractivity contribution in [1.29, 1.82) is 0 Å². The second kappa shape index (κ2) is 6.16. The third kappa shape index (κ3) is 3.29. The first-order valence-electron chi connectivity index (χ1n) is 8.02. The molecule has 1 saturated heterocycles. The molecule has 0 radical (unpaired) electrons. The van der Waals surface area contributed by atoms with Crippen LogP contribution in [0.1, 0.15) is 29.7 Å². The smallest absolute Gasteiger partial charge is 0.306 e. The van der Waals surface area contributed by atoms with Crippen LogP contribution < -0.4 is 5.43 Å². The summed E-state index contributed by atoms with van der Waals surface area (Å²) in [6.45, 7) is 6.15. The Labute approximate surface area is 134 Å². The first kappa shape index (κ1) is 15.7. The molecule has 0 saturated carbocycles. The number of pyridine rings is 1. The number of carboxylic acids is 1. The molecule has 0 amide bonds. The lowest BCUT2D eigenvalue weighted by molar-refractivity contribution is -0.143. The van der Waals surface area contributed by atoms with Crippen molar-refractivity contribution in [2.24, 2.45) is 5.92 Å². The number of carboxylic acid groups (broad SMARTS) is 1. The summed E-state index contributed by atoms with van der Waals surface area (Å²) in [5, 5.41) is 9.81. The van der Waals surface area contributed by atoms with Gasteiger partial charge in [-0.15, -0.1) is 0 Å². The molecule has 1 fully saturated rings. The molecule has 1 aliphatic heterocycles. The number of fused-ring (bicyclic) bond motifs is 1. The van der Waals surface area contributed by atoms with Gasteiger partial charge in [0.15, 0.2) is 5.43 Å². The van der Waals surface area contributed by atoms with E-state index in [0.717, 1.165) is 40.8 Å². The predicted molar refractivity (Wildman–Crippen MR) is 89.7 cm³/mol. The minimum Gasteiger partial charge on any atom is -0.481 e. The van der Waals surface area contributed by atoms with E-state index in [1.165, 1.54) is 0 Å². The second-order valence-corrected chi connectivity index (χ2v) is 6.55. The summed E-state index contributed by atoms with van der Waals surface area (Å²) in [5.41, 5.74) is 3.94. The Morgan fingerprint density at radius 1 is 1.26 bits per heavy atom. The average molecular weight is 314 g/mol. The molecule has 0 unspecified atom stereocenters. The maximum absolute atomic E-state index is 12.4. The fourth-order valence-electron chi connectivity index (χ4n) is 3.50. The van der Waals surface area contributed by atoms with Gasteiger partial charge in [-0.25, -0.2) is 0 Å². The van der Waals surface area contributed by atoms with E-state index in [0.29, 0.717) is 19.4 Å². The van der Waals surface area contributed by atoms with Crippen LogP contribution in [-0.2, 0) is 11.3 Å². The van der Waals surface area contributed by atoms with Crippen molar-refractivity contribution in [1.82, 2.24) is 9.88 Å². The van der Waals surface area contributed by atoms with Crippen molar-refractivity contribution >= 4 is 16.9 Å². The third-order valence-electron chi connectivity index (χ3n) is 4.66. The maximum Gasteiger partial charge on any atom is 0.306 e. The number of hydrogen-bond donors (Lipinski definition) is 2. The largest absolute Gasteiger partial charge is 0.481 e. The molecule has 5 heteroatoms. The quantitative estimate of drug-likeness (QED) is 0.912. The predicted octanol–water partition coefficient (Wildman–Crippen LogP) is 2.44. The van der Waals surface area contributed by atoms with E-state index in [9.17, 15) is 9.59 Å². The number of H-pyrrole nitrogens is 1. The standard InChI is InChI=1S/C18H22N2O3/c1-11-7-12(2)17-15(8-11)19-14(9-16(17)21)10-20-5-3-13(4-6-20)18(22)23/h7-9,13H,3-6,10H2,1-2H3,(H,19,21)(H,22,23). The van der Waals surface area contributed by atoms with Gasteiger partial charge < -0.3 is 10.1 Å². The summed E-state index contributed by atoms with van der Waals surface area (Å²) < 4.78 is 0. The molecule has 0 aliphatic carbocycles. The molecular formula is C18H22N2O3. The number of rotatable bonds is 3. The first-order chi connectivity index (χ1) is 10.9. The van der Waals surface area contributed by atoms with Crippen LogP contribution in [0.3, 0.4) is 0 Å². The number of nitrogens with zero attached hydrogens (tertiary/aromatic N) is 1. The summed E-state index contributed by atoms with van der Waals surface area (Å²) in [5.74, 6) is -0.929. The molecule has 1 aromatic heterocycles. The topological polar surface area (TPSA) is 73.4 Å². The lowest BCUT2D eigenvalue weighted by atomic mass is 9.97. The molecular weight excluding hydrogens is 292 g/mol. The highest BCUT2D eigenvalue weighted by Gasteiger charge is 2.24. The highest BCUT2D eigenvalue weighted by atomic mass is 16.4. The molecule has 0 bridgehead atoms. The zero-order valence-electron chi connectivity index (χ0n) is 13.6. The van der Waals surface area contributed by atoms with Crippen LogP contribution >= 0.6 is 0 Å². The van der Waals surface area contributed by atoms with Crippen LogP contribution in [0.25, 0.3) is 10.9 Å². The van der Waals surface area contributed by atoms with E-state index in [-0.39, 0.29) is 11.3 Å². The SMILES string of the molecule is Cc1cc(C)c2c(=O)cc(CN3CCC(C(=O)O)CC3)[nH]c2c1. The Hall–Kier alpha value is -2.14. The van der Waals surface area contributed by atoms with Gasteiger partial charge in [-0.05, 0) is 57.0 Å². The van der Waals surface area contributed by atoms with Crippen molar-refractivity contribution in [3.8, 4) is 0 Å². The number of likely N-dealkylation sites (tertiary alicyclic amines) is 1. The van der Waals surface area contributed by atoms with Gasteiger partial charge in [0, 0.05) is 23.7 Å². The molecule has 2 N–H and O–H groups in total. The van der Waals surface area contributed by atoms with E-state index in [4.69, 9.17) is 5.11 Å². The summed E-state index contributed by atoms with van der Waals surface area (Å²) in [4.78, 5) is 29.0. The minimum absolute atomic E-state index is 0.0478. The molecule has 2 aromatic rings. The van der Waals surface area contributed by atoms with Gasteiger partial charge in [0.2, 0.25) is 0 Å². The average Bonchev–Trinajstić information content (AvgIpc) is 2.46. The maximum atomic E-state index is 12.4. The Bertz CT molecular complexity index is 802. The Balaban J connectivity index is 1.82. The molecule has 1 aromatic carbocycles. The number of aliphatic carboxylic acids is 1. The van der Waals surface area contributed by atoms with E-state index in [1.807, 2.05) is 26.0 Å². The van der Waals surface area contributed by atoms with Gasteiger partial charge in [-0.1, -0.05) is 6.07 Å². The molecule has 5 nitrogen and oxygen atoms in total. The number of aromatic nitrogens is 1. The van der Waals surface area contributed by atoms with Gasteiger partial charge in [0.1, 0.15) is 0 Å². The normalized spacial score (nSPS) is 16.8. The summed E-state index contributed by atoms with van der Waals surface area (Å²) >= 11 is 0. The lowest BCUT2D eigenvalue weighted by Crippen LogP contribution is -2.36. The van der Waals surface area contributed by atoms with Gasteiger partial charge in [0.25, 0.3) is 0 Å². The highest BCUT2D eigenvalue weighted by Crippen LogP contribution is 2.20. The van der Waals surface area contributed by atoms with E-state index < -0.39 is 5.97 Å². The zero-order chi connectivity index (χ0) is 16.6. The molecule has 0 spiro atoms. The van der Waals surface area contributed by atoms with E-state index >= 15 is 0 Å². The summed E-state index contributed by atoms with van der Waals surface area (Å²) in [6, 6.07) is 5.70. The van der Waals surface area contributed by atoms with Gasteiger partial charge in [-0.2, -0.15) is 0 Å². The van der Waals surface area contributed by atoms with Crippen molar-refractivity contribution in [2.75, 3.05) is 13.1 Å². The monoisotopic (exact) mass is 314 g/mol.